The molecule has 0 N–H and O–H groups in total. The SMILES string of the molecule is CC(C)(Br)CCCCN1C(=O)c2ccccc2C1=O. The molecular weight excluding hydrogens is 306 g/mol. The average molecular weight is 324 g/mol. The summed E-state index contributed by atoms with van der Waals surface area (Å²) in [5.41, 5.74) is 1.07. The number of imide groups is 1. The fourth-order valence-electron chi connectivity index (χ4n) is 2.26. The Bertz CT molecular complexity index is 470. The van der Waals surface area contributed by atoms with Gasteiger partial charge in [-0.05, 0) is 25.0 Å². The Balaban J connectivity index is 1.94. The van der Waals surface area contributed by atoms with Crippen LogP contribution in [0.2, 0.25) is 0 Å². The number of carbonyl (C=O) groups is 2. The third kappa shape index (κ3) is 3.24. The van der Waals surface area contributed by atoms with Crippen LogP contribution in [0, 0.1) is 0 Å². The largest absolute Gasteiger partial charge is 0.274 e. The van der Waals surface area contributed by atoms with Gasteiger partial charge in [0.15, 0.2) is 0 Å². The van der Waals surface area contributed by atoms with Gasteiger partial charge in [0.1, 0.15) is 0 Å². The van der Waals surface area contributed by atoms with Crippen LogP contribution in [0.1, 0.15) is 53.8 Å². The molecule has 1 heterocycles. The van der Waals surface area contributed by atoms with E-state index in [1.54, 1.807) is 24.3 Å². The molecule has 0 unspecified atom stereocenters. The third-order valence-electron chi connectivity index (χ3n) is 3.28. The Hall–Kier alpha value is -1.16. The molecule has 1 aliphatic rings. The lowest BCUT2D eigenvalue weighted by Crippen LogP contribution is -2.30. The van der Waals surface area contributed by atoms with Crippen LogP contribution in [0.3, 0.4) is 0 Å². The first-order chi connectivity index (χ1) is 8.90. The number of benzene rings is 1. The van der Waals surface area contributed by atoms with Gasteiger partial charge in [-0.15, -0.1) is 0 Å². The van der Waals surface area contributed by atoms with Gasteiger partial charge in [0, 0.05) is 10.9 Å². The van der Waals surface area contributed by atoms with Crippen LogP contribution in [0.5, 0.6) is 0 Å². The normalized spacial score (nSPS) is 15.0. The maximum Gasteiger partial charge on any atom is 0.261 e. The van der Waals surface area contributed by atoms with Crippen LogP contribution >= 0.6 is 15.9 Å². The Kier molecular flexibility index (Phi) is 4.09. The lowest BCUT2D eigenvalue weighted by molar-refractivity contribution is 0.0651. The van der Waals surface area contributed by atoms with E-state index >= 15 is 0 Å². The van der Waals surface area contributed by atoms with Gasteiger partial charge in [-0.3, -0.25) is 14.5 Å². The first kappa shape index (κ1) is 14.3. The number of fused-ring (bicyclic) bond motifs is 1. The summed E-state index contributed by atoms with van der Waals surface area (Å²) in [7, 11) is 0. The Labute approximate surface area is 122 Å². The predicted octanol–water partition coefficient (Wildman–Crippen LogP) is 3.63. The van der Waals surface area contributed by atoms with Crippen LogP contribution in [-0.4, -0.2) is 27.6 Å². The lowest BCUT2D eigenvalue weighted by atomic mass is 10.1. The molecule has 0 aromatic heterocycles. The monoisotopic (exact) mass is 323 g/mol. The summed E-state index contributed by atoms with van der Waals surface area (Å²) in [4.78, 5) is 25.6. The van der Waals surface area contributed by atoms with E-state index in [9.17, 15) is 9.59 Å². The molecule has 102 valence electrons. The molecule has 0 fully saturated rings. The van der Waals surface area contributed by atoms with Gasteiger partial charge in [-0.2, -0.15) is 0 Å². The standard InChI is InChI=1S/C15H18BrNO2/c1-15(2,16)9-5-6-10-17-13(18)11-7-3-4-8-12(11)14(17)19/h3-4,7-8H,5-6,9-10H2,1-2H3. The fraction of sp³-hybridized carbons (Fsp3) is 0.467. The molecule has 2 rings (SSSR count). The highest BCUT2D eigenvalue weighted by Crippen LogP contribution is 2.25. The van der Waals surface area contributed by atoms with Crippen molar-refractivity contribution in [1.29, 1.82) is 0 Å². The van der Waals surface area contributed by atoms with E-state index in [0.717, 1.165) is 19.3 Å². The second-order valence-corrected chi connectivity index (χ2v) is 7.63. The summed E-state index contributed by atoms with van der Waals surface area (Å²) in [6.07, 6.45) is 2.86. The van der Waals surface area contributed by atoms with Gasteiger partial charge >= 0.3 is 0 Å². The summed E-state index contributed by atoms with van der Waals surface area (Å²) < 4.78 is 0.120. The minimum atomic E-state index is -0.154. The summed E-state index contributed by atoms with van der Waals surface area (Å²) in [6.45, 7) is 4.75. The van der Waals surface area contributed by atoms with E-state index in [0.29, 0.717) is 17.7 Å². The number of hydrogen-bond acceptors (Lipinski definition) is 2. The topological polar surface area (TPSA) is 37.4 Å². The minimum absolute atomic E-state index is 0.120. The Morgan fingerprint density at radius 2 is 1.58 bits per heavy atom. The summed E-state index contributed by atoms with van der Waals surface area (Å²) in [6, 6.07) is 7.02. The average Bonchev–Trinajstić information content (AvgIpc) is 2.58. The van der Waals surface area contributed by atoms with E-state index in [4.69, 9.17) is 0 Å². The van der Waals surface area contributed by atoms with Gasteiger partial charge < -0.3 is 0 Å². The zero-order chi connectivity index (χ0) is 14.0. The van der Waals surface area contributed by atoms with Gasteiger partial charge in [0.05, 0.1) is 11.1 Å². The molecule has 3 nitrogen and oxygen atoms in total. The molecule has 4 heteroatoms. The van der Waals surface area contributed by atoms with Crippen molar-refractivity contribution in [3.8, 4) is 0 Å². The summed E-state index contributed by atoms with van der Waals surface area (Å²) >= 11 is 3.59. The van der Waals surface area contributed by atoms with Gasteiger partial charge in [-0.1, -0.05) is 48.3 Å². The van der Waals surface area contributed by atoms with Crippen LogP contribution in [-0.2, 0) is 0 Å². The second-order valence-electron chi connectivity index (χ2n) is 5.48. The first-order valence-electron chi connectivity index (χ1n) is 6.54. The van der Waals surface area contributed by atoms with E-state index < -0.39 is 0 Å². The molecule has 1 aromatic rings. The highest BCUT2D eigenvalue weighted by atomic mass is 79.9. The van der Waals surface area contributed by atoms with Crippen molar-refractivity contribution in [1.82, 2.24) is 4.90 Å². The summed E-state index contributed by atoms with van der Waals surface area (Å²) in [5, 5.41) is 0. The van der Waals surface area contributed by atoms with Gasteiger partial charge in [-0.25, -0.2) is 0 Å². The molecule has 0 aliphatic carbocycles. The molecule has 0 atom stereocenters. The molecule has 2 amide bonds. The number of carbonyl (C=O) groups excluding carboxylic acids is 2. The Morgan fingerprint density at radius 1 is 1.05 bits per heavy atom. The van der Waals surface area contributed by atoms with Crippen molar-refractivity contribution in [2.24, 2.45) is 0 Å². The van der Waals surface area contributed by atoms with Crippen LogP contribution in [0.4, 0.5) is 0 Å². The molecular formula is C15H18BrNO2. The number of hydrogen-bond donors (Lipinski definition) is 0. The number of alkyl halides is 1. The zero-order valence-electron chi connectivity index (χ0n) is 11.3. The first-order valence-corrected chi connectivity index (χ1v) is 7.33. The molecule has 0 saturated carbocycles. The molecule has 0 bridgehead atoms. The number of nitrogens with zero attached hydrogens (tertiary/aromatic N) is 1. The fourth-order valence-corrected chi connectivity index (χ4v) is 2.54. The van der Waals surface area contributed by atoms with E-state index in [1.165, 1.54) is 4.90 Å². The molecule has 1 aliphatic heterocycles. The number of halogens is 1. The van der Waals surface area contributed by atoms with Gasteiger partial charge in [0.2, 0.25) is 0 Å². The van der Waals surface area contributed by atoms with Crippen molar-refractivity contribution >= 4 is 27.7 Å². The van der Waals surface area contributed by atoms with Crippen molar-refractivity contribution < 1.29 is 9.59 Å². The van der Waals surface area contributed by atoms with Crippen molar-refractivity contribution in [2.45, 2.75) is 37.4 Å². The van der Waals surface area contributed by atoms with Crippen LogP contribution < -0.4 is 0 Å². The van der Waals surface area contributed by atoms with Crippen LogP contribution in [0.25, 0.3) is 0 Å². The third-order valence-corrected chi connectivity index (χ3v) is 3.68. The van der Waals surface area contributed by atoms with Crippen LogP contribution in [0.15, 0.2) is 24.3 Å². The minimum Gasteiger partial charge on any atom is -0.274 e. The predicted molar refractivity (Wildman–Crippen MR) is 78.7 cm³/mol. The molecule has 0 radical (unpaired) electrons. The molecule has 19 heavy (non-hydrogen) atoms. The van der Waals surface area contributed by atoms with Crippen molar-refractivity contribution in [3.63, 3.8) is 0 Å². The number of rotatable bonds is 5. The van der Waals surface area contributed by atoms with E-state index in [2.05, 4.69) is 29.8 Å². The van der Waals surface area contributed by atoms with E-state index in [1.807, 2.05) is 0 Å². The maximum atomic E-state index is 12.1. The quantitative estimate of drug-likeness (QED) is 0.471. The number of amides is 2. The van der Waals surface area contributed by atoms with Gasteiger partial charge in [0.25, 0.3) is 11.8 Å². The number of unbranched alkanes of at least 4 members (excludes halogenated alkanes) is 1. The van der Waals surface area contributed by atoms with Crippen molar-refractivity contribution in [3.05, 3.63) is 35.4 Å². The second kappa shape index (κ2) is 5.45. The highest BCUT2D eigenvalue weighted by Gasteiger charge is 2.34. The van der Waals surface area contributed by atoms with Crippen molar-refractivity contribution in [2.75, 3.05) is 6.54 Å². The molecule has 0 spiro atoms. The van der Waals surface area contributed by atoms with E-state index in [-0.39, 0.29) is 16.1 Å². The zero-order valence-corrected chi connectivity index (χ0v) is 12.9. The smallest absolute Gasteiger partial charge is 0.261 e. The Morgan fingerprint density at radius 3 is 2.05 bits per heavy atom. The molecule has 0 saturated heterocycles. The molecule has 1 aromatic carbocycles. The lowest BCUT2D eigenvalue weighted by Gasteiger charge is -2.17. The summed E-state index contributed by atoms with van der Waals surface area (Å²) in [5.74, 6) is -0.308. The highest BCUT2D eigenvalue weighted by molar-refractivity contribution is 9.10. The maximum absolute atomic E-state index is 12.1.